The van der Waals surface area contributed by atoms with E-state index in [2.05, 4.69) is 20.8 Å². The number of ether oxygens (including phenoxy) is 1. The van der Waals surface area contributed by atoms with Gasteiger partial charge in [-0.3, -0.25) is 9.59 Å². The predicted molar refractivity (Wildman–Crippen MR) is 120 cm³/mol. The number of rotatable bonds is 6. The van der Waals surface area contributed by atoms with Crippen molar-refractivity contribution in [2.75, 3.05) is 11.9 Å². The Morgan fingerprint density at radius 2 is 1.94 bits per heavy atom. The lowest BCUT2D eigenvalue weighted by Gasteiger charge is -2.13. The summed E-state index contributed by atoms with van der Waals surface area (Å²) in [5.41, 5.74) is 5.57. The van der Waals surface area contributed by atoms with E-state index in [9.17, 15) is 9.59 Å². The van der Waals surface area contributed by atoms with E-state index >= 15 is 0 Å². The van der Waals surface area contributed by atoms with Crippen molar-refractivity contribution in [1.29, 1.82) is 0 Å². The Morgan fingerprint density at radius 3 is 2.72 bits per heavy atom. The third kappa shape index (κ3) is 4.69. The number of para-hydroxylation sites is 1. The smallest absolute Gasteiger partial charge is 0.292 e. The van der Waals surface area contributed by atoms with Gasteiger partial charge in [0.1, 0.15) is 17.3 Å². The molecule has 0 saturated carbocycles. The number of fused-ring (bicyclic) bond motifs is 1. The zero-order chi connectivity index (χ0) is 22.5. The van der Waals surface area contributed by atoms with Crippen LogP contribution in [0.3, 0.4) is 0 Å². The Morgan fingerprint density at radius 1 is 1.12 bits per heavy atom. The normalized spacial score (nSPS) is 14.0. The van der Waals surface area contributed by atoms with E-state index in [4.69, 9.17) is 9.15 Å². The van der Waals surface area contributed by atoms with Gasteiger partial charge in [0.15, 0.2) is 12.4 Å². The molecule has 3 aromatic rings. The molecule has 0 bridgehead atoms. The average Bonchev–Trinajstić information content (AvgIpc) is 3.15. The van der Waals surface area contributed by atoms with Crippen LogP contribution in [-0.4, -0.2) is 29.1 Å². The van der Waals surface area contributed by atoms with E-state index in [0.29, 0.717) is 41.4 Å². The van der Waals surface area contributed by atoms with Gasteiger partial charge in [-0.05, 0) is 50.5 Å². The van der Waals surface area contributed by atoms with Crippen LogP contribution < -0.4 is 15.5 Å². The number of hydrazone groups is 1. The maximum absolute atomic E-state index is 12.8. The van der Waals surface area contributed by atoms with E-state index < -0.39 is 0 Å². The fourth-order valence-electron chi connectivity index (χ4n) is 3.61. The number of pyridine rings is 1. The number of carbonyl (C=O) groups is 2. The van der Waals surface area contributed by atoms with Crippen molar-refractivity contribution in [2.24, 2.45) is 5.10 Å². The number of amides is 2. The lowest BCUT2D eigenvalue weighted by molar-refractivity contribution is -0.123. The summed E-state index contributed by atoms with van der Waals surface area (Å²) in [6, 6.07) is 12.8. The molecular formula is C24H24N4O4. The average molecular weight is 432 g/mol. The van der Waals surface area contributed by atoms with Crippen LogP contribution in [0.2, 0.25) is 0 Å². The molecule has 8 nitrogen and oxygen atoms in total. The summed E-state index contributed by atoms with van der Waals surface area (Å²) < 4.78 is 11.3. The van der Waals surface area contributed by atoms with E-state index in [0.717, 1.165) is 17.5 Å². The molecule has 2 N–H and O–H groups in total. The Labute approximate surface area is 185 Å². The highest BCUT2D eigenvalue weighted by molar-refractivity contribution is 6.09. The predicted octanol–water partition coefficient (Wildman–Crippen LogP) is 3.78. The molecule has 1 aliphatic rings. The molecule has 0 atom stereocenters. The molecule has 32 heavy (non-hydrogen) atoms. The highest BCUT2D eigenvalue weighted by Gasteiger charge is 2.28. The van der Waals surface area contributed by atoms with Crippen LogP contribution in [0, 0.1) is 13.8 Å². The molecule has 2 aromatic heterocycles. The van der Waals surface area contributed by atoms with Crippen LogP contribution in [0.5, 0.6) is 5.75 Å². The van der Waals surface area contributed by atoms with Crippen molar-refractivity contribution in [3.05, 3.63) is 76.9 Å². The first kappa shape index (κ1) is 21.3. The van der Waals surface area contributed by atoms with Crippen LogP contribution in [0.15, 0.2) is 58.2 Å². The number of hydrogen-bond acceptors (Lipinski definition) is 6. The van der Waals surface area contributed by atoms with E-state index in [1.807, 2.05) is 44.2 Å². The molecule has 1 aromatic carbocycles. The topological polar surface area (TPSA) is 106 Å². The minimum Gasteiger partial charge on any atom is -0.484 e. The maximum Gasteiger partial charge on any atom is 0.292 e. The van der Waals surface area contributed by atoms with Gasteiger partial charge >= 0.3 is 0 Å². The van der Waals surface area contributed by atoms with E-state index in [1.54, 1.807) is 18.3 Å². The second-order valence-electron chi connectivity index (χ2n) is 7.53. The number of aryl methyl sites for hydroxylation is 2. The summed E-state index contributed by atoms with van der Waals surface area (Å²) in [6.07, 6.45) is 3.82. The second-order valence-corrected chi connectivity index (χ2v) is 7.53. The molecule has 0 unspecified atom stereocenters. The molecule has 0 aliphatic heterocycles. The van der Waals surface area contributed by atoms with Crippen molar-refractivity contribution in [2.45, 2.75) is 33.1 Å². The van der Waals surface area contributed by atoms with Gasteiger partial charge in [-0.15, -0.1) is 0 Å². The SMILES string of the molecule is Cc1cccnc1NC(=O)c1oc2c(c1C)/C(=N/NC(=O)COc1ccccc1)CCC2. The Balaban J connectivity index is 1.47. The van der Waals surface area contributed by atoms with Gasteiger partial charge < -0.3 is 14.5 Å². The lowest BCUT2D eigenvalue weighted by Crippen LogP contribution is -2.27. The Kier molecular flexibility index (Phi) is 6.30. The fourth-order valence-corrected chi connectivity index (χ4v) is 3.61. The Bertz CT molecular complexity index is 1170. The number of anilines is 1. The second kappa shape index (κ2) is 9.47. The molecule has 0 spiro atoms. The molecule has 164 valence electrons. The monoisotopic (exact) mass is 432 g/mol. The van der Waals surface area contributed by atoms with Gasteiger partial charge in [0, 0.05) is 23.7 Å². The van der Waals surface area contributed by atoms with Crippen molar-refractivity contribution < 1.29 is 18.7 Å². The number of furan rings is 1. The lowest BCUT2D eigenvalue weighted by atomic mass is 9.93. The number of aromatic nitrogens is 1. The highest BCUT2D eigenvalue weighted by atomic mass is 16.5. The van der Waals surface area contributed by atoms with Gasteiger partial charge in [0.25, 0.3) is 11.8 Å². The van der Waals surface area contributed by atoms with Crippen molar-refractivity contribution in [1.82, 2.24) is 10.4 Å². The minimum atomic E-state index is -0.363. The van der Waals surface area contributed by atoms with Gasteiger partial charge in [0.05, 0.1) is 5.71 Å². The molecule has 2 heterocycles. The summed E-state index contributed by atoms with van der Waals surface area (Å²) in [4.78, 5) is 29.2. The summed E-state index contributed by atoms with van der Waals surface area (Å²) >= 11 is 0. The van der Waals surface area contributed by atoms with Gasteiger partial charge in [0.2, 0.25) is 0 Å². The summed E-state index contributed by atoms with van der Waals surface area (Å²) in [7, 11) is 0. The third-order valence-corrected chi connectivity index (χ3v) is 5.20. The minimum absolute atomic E-state index is 0.144. The zero-order valence-electron chi connectivity index (χ0n) is 18.0. The molecule has 1 aliphatic carbocycles. The summed E-state index contributed by atoms with van der Waals surface area (Å²) in [6.45, 7) is 3.55. The molecule has 8 heteroatoms. The summed E-state index contributed by atoms with van der Waals surface area (Å²) in [5, 5.41) is 7.11. The summed E-state index contributed by atoms with van der Waals surface area (Å²) in [5.74, 6) is 1.31. The van der Waals surface area contributed by atoms with Crippen LogP contribution in [0.25, 0.3) is 0 Å². The van der Waals surface area contributed by atoms with Crippen molar-refractivity contribution in [3.63, 3.8) is 0 Å². The van der Waals surface area contributed by atoms with Crippen LogP contribution in [0.4, 0.5) is 5.82 Å². The first-order valence-corrected chi connectivity index (χ1v) is 10.4. The van der Waals surface area contributed by atoms with Crippen molar-refractivity contribution >= 4 is 23.3 Å². The van der Waals surface area contributed by atoms with Crippen molar-refractivity contribution in [3.8, 4) is 5.75 Å². The largest absolute Gasteiger partial charge is 0.484 e. The zero-order valence-corrected chi connectivity index (χ0v) is 18.0. The molecule has 2 amide bonds. The molecule has 0 fully saturated rings. The molecule has 4 rings (SSSR count). The van der Waals surface area contributed by atoms with E-state index in [1.165, 1.54) is 0 Å². The quantitative estimate of drug-likeness (QED) is 0.577. The number of benzene rings is 1. The van der Waals surface area contributed by atoms with Gasteiger partial charge in [-0.2, -0.15) is 5.10 Å². The fraction of sp³-hybridized carbons (Fsp3) is 0.250. The standard InChI is InChI=1S/C24H24N4O4/c1-15-8-7-13-25-23(15)26-24(30)22-16(2)21-18(11-6-12-19(21)32-22)27-28-20(29)14-31-17-9-4-3-5-10-17/h3-5,7-10,13H,6,11-12,14H2,1-2H3,(H,28,29)(H,25,26,30)/b27-18+. The molecule has 0 radical (unpaired) electrons. The van der Waals surface area contributed by atoms with Crippen LogP contribution in [0.1, 0.15) is 45.8 Å². The number of nitrogens with zero attached hydrogens (tertiary/aromatic N) is 2. The Hall–Kier alpha value is -3.94. The maximum atomic E-state index is 12.8. The molecule has 0 saturated heterocycles. The molecular weight excluding hydrogens is 408 g/mol. The number of carbonyl (C=O) groups excluding carboxylic acids is 2. The number of hydrogen-bond donors (Lipinski definition) is 2. The van der Waals surface area contributed by atoms with E-state index in [-0.39, 0.29) is 24.2 Å². The van der Waals surface area contributed by atoms with Crippen LogP contribution in [-0.2, 0) is 11.2 Å². The first-order chi connectivity index (χ1) is 15.5. The van der Waals surface area contributed by atoms with Gasteiger partial charge in [-0.1, -0.05) is 24.3 Å². The highest BCUT2D eigenvalue weighted by Crippen LogP contribution is 2.30. The first-order valence-electron chi connectivity index (χ1n) is 10.4. The van der Waals surface area contributed by atoms with Gasteiger partial charge in [-0.25, -0.2) is 10.4 Å². The van der Waals surface area contributed by atoms with Crippen LogP contribution >= 0.6 is 0 Å². The third-order valence-electron chi connectivity index (χ3n) is 5.20. The number of nitrogens with one attached hydrogen (secondary N) is 2.